The normalized spacial score (nSPS) is 14.0. The van der Waals surface area contributed by atoms with Crippen LogP contribution in [0.15, 0.2) is 48.7 Å². The highest BCUT2D eigenvalue weighted by atomic mass is 35.5. The Morgan fingerprint density at radius 1 is 1.00 bits per heavy atom. The van der Waals surface area contributed by atoms with Crippen molar-refractivity contribution < 1.29 is 0 Å². The van der Waals surface area contributed by atoms with E-state index in [4.69, 9.17) is 23.2 Å². The predicted octanol–water partition coefficient (Wildman–Crippen LogP) is 5.19. The number of anilines is 1. The van der Waals surface area contributed by atoms with Gasteiger partial charge >= 0.3 is 0 Å². The molecule has 1 aromatic heterocycles. The molecular weight excluding hydrogens is 379 g/mol. The van der Waals surface area contributed by atoms with E-state index in [2.05, 4.69) is 38.4 Å². The number of aromatic nitrogens is 2. The first-order valence-electron chi connectivity index (χ1n) is 8.91. The monoisotopic (exact) mass is 398 g/mol. The molecule has 0 saturated carbocycles. The Kier molecular flexibility index (Phi) is 5.30. The fourth-order valence-electron chi connectivity index (χ4n) is 3.39. The second-order valence-corrected chi connectivity index (χ2v) is 7.64. The first kappa shape index (κ1) is 18.2. The molecule has 3 aromatic rings. The minimum Gasteiger partial charge on any atom is -0.357 e. The van der Waals surface area contributed by atoms with Crippen LogP contribution in [0.3, 0.4) is 0 Å². The van der Waals surface area contributed by atoms with Crippen LogP contribution in [0.1, 0.15) is 17.0 Å². The van der Waals surface area contributed by atoms with Gasteiger partial charge in [-0.2, -0.15) is 0 Å². The summed E-state index contributed by atoms with van der Waals surface area (Å²) in [5.41, 5.74) is 4.95. The number of benzene rings is 2. The molecule has 6 heteroatoms. The van der Waals surface area contributed by atoms with Gasteiger partial charge in [-0.15, -0.1) is 0 Å². The molecule has 0 spiro atoms. The fourth-order valence-corrected chi connectivity index (χ4v) is 3.92. The van der Waals surface area contributed by atoms with Crippen molar-refractivity contribution in [2.24, 2.45) is 0 Å². The Morgan fingerprint density at radius 3 is 2.59 bits per heavy atom. The number of nitrogens with zero attached hydrogens (tertiary/aromatic N) is 3. The van der Waals surface area contributed by atoms with Crippen LogP contribution in [0.25, 0.3) is 11.1 Å². The molecule has 0 amide bonds. The van der Waals surface area contributed by atoms with E-state index in [0.29, 0.717) is 10.0 Å². The molecule has 0 unspecified atom stereocenters. The van der Waals surface area contributed by atoms with Crippen molar-refractivity contribution in [1.82, 2.24) is 14.9 Å². The third kappa shape index (κ3) is 4.41. The molecule has 0 radical (unpaired) electrons. The minimum atomic E-state index is 0.660. The number of nitrogens with one attached hydrogen (secondary N) is 1. The van der Waals surface area contributed by atoms with Crippen molar-refractivity contribution in [2.75, 3.05) is 18.5 Å². The van der Waals surface area contributed by atoms with Crippen LogP contribution < -0.4 is 5.32 Å². The van der Waals surface area contributed by atoms with Crippen LogP contribution in [0.5, 0.6) is 0 Å². The zero-order chi connectivity index (χ0) is 18.8. The Balaban J connectivity index is 1.46. The van der Waals surface area contributed by atoms with Gasteiger partial charge in [-0.3, -0.25) is 4.90 Å². The Labute approximate surface area is 169 Å². The van der Waals surface area contributed by atoms with Crippen molar-refractivity contribution in [2.45, 2.75) is 19.9 Å². The molecule has 1 aliphatic rings. The summed E-state index contributed by atoms with van der Waals surface area (Å²) in [5.74, 6) is 1.64. The van der Waals surface area contributed by atoms with E-state index in [1.165, 1.54) is 11.1 Å². The number of rotatable bonds is 4. The van der Waals surface area contributed by atoms with Crippen molar-refractivity contribution in [3.8, 4) is 11.1 Å². The lowest BCUT2D eigenvalue weighted by Crippen LogP contribution is -2.34. The number of hydrogen-bond acceptors (Lipinski definition) is 4. The second-order valence-electron chi connectivity index (χ2n) is 6.77. The summed E-state index contributed by atoms with van der Waals surface area (Å²) in [5, 5.41) is 4.70. The number of aryl methyl sites for hydroxylation is 1. The van der Waals surface area contributed by atoms with Gasteiger partial charge in [-0.1, -0.05) is 41.4 Å². The quantitative estimate of drug-likeness (QED) is 0.656. The maximum absolute atomic E-state index is 6.15. The van der Waals surface area contributed by atoms with E-state index >= 15 is 0 Å². The molecule has 4 nitrogen and oxygen atoms in total. The molecule has 138 valence electrons. The number of fused-ring (bicyclic) bond motifs is 1. The molecule has 4 rings (SSSR count). The number of hydrogen-bond donors (Lipinski definition) is 1. The zero-order valence-corrected chi connectivity index (χ0v) is 16.6. The topological polar surface area (TPSA) is 41.1 Å². The standard InChI is InChI=1S/C21H20Cl2N4/c1-14-24-6-4-21(26-14)25-13-27-7-5-16-8-15(2-3-17(16)12-27)18-9-19(22)11-20(23)10-18/h2-4,6,8-11H,5,7,12-13H2,1H3,(H,24,25,26). The van der Waals surface area contributed by atoms with E-state index in [-0.39, 0.29) is 0 Å². The third-order valence-electron chi connectivity index (χ3n) is 4.75. The van der Waals surface area contributed by atoms with Gasteiger partial charge in [0.25, 0.3) is 0 Å². The average molecular weight is 399 g/mol. The van der Waals surface area contributed by atoms with E-state index in [1.807, 2.05) is 25.1 Å². The molecule has 27 heavy (non-hydrogen) atoms. The summed E-state index contributed by atoms with van der Waals surface area (Å²) >= 11 is 12.3. The highest BCUT2D eigenvalue weighted by Crippen LogP contribution is 2.30. The van der Waals surface area contributed by atoms with Gasteiger partial charge in [-0.25, -0.2) is 9.97 Å². The second kappa shape index (κ2) is 7.85. The van der Waals surface area contributed by atoms with E-state index < -0.39 is 0 Å². The molecule has 0 bridgehead atoms. The predicted molar refractivity (Wildman–Crippen MR) is 111 cm³/mol. The van der Waals surface area contributed by atoms with Gasteiger partial charge in [-0.05, 0) is 59.9 Å². The molecule has 1 N–H and O–H groups in total. The Bertz CT molecular complexity index is 954. The highest BCUT2D eigenvalue weighted by Gasteiger charge is 2.17. The van der Waals surface area contributed by atoms with Crippen LogP contribution in [0.4, 0.5) is 5.82 Å². The lowest BCUT2D eigenvalue weighted by atomic mass is 9.95. The number of halogens is 2. The van der Waals surface area contributed by atoms with Crippen LogP contribution in [-0.2, 0) is 13.0 Å². The first-order valence-corrected chi connectivity index (χ1v) is 9.66. The molecule has 0 atom stereocenters. The van der Waals surface area contributed by atoms with Crippen molar-refractivity contribution in [1.29, 1.82) is 0 Å². The zero-order valence-electron chi connectivity index (χ0n) is 15.0. The molecule has 0 aliphatic carbocycles. The molecule has 2 aromatic carbocycles. The Hall–Kier alpha value is -2.14. The minimum absolute atomic E-state index is 0.660. The lowest BCUT2D eigenvalue weighted by Gasteiger charge is -2.29. The van der Waals surface area contributed by atoms with Crippen molar-refractivity contribution in [3.63, 3.8) is 0 Å². The third-order valence-corrected chi connectivity index (χ3v) is 5.19. The maximum atomic E-state index is 6.15. The average Bonchev–Trinajstić information content (AvgIpc) is 2.65. The molecular formula is C21H20Cl2N4. The van der Waals surface area contributed by atoms with Gasteiger partial charge in [0.15, 0.2) is 0 Å². The SMILES string of the molecule is Cc1nccc(NCN2CCc3cc(-c4cc(Cl)cc(Cl)c4)ccc3C2)n1. The van der Waals surface area contributed by atoms with Gasteiger partial charge in [0.1, 0.15) is 11.6 Å². The fraction of sp³-hybridized carbons (Fsp3) is 0.238. The molecule has 1 aliphatic heterocycles. The molecule has 0 saturated heterocycles. The Morgan fingerprint density at radius 2 is 1.81 bits per heavy atom. The van der Waals surface area contributed by atoms with Gasteiger partial charge in [0, 0.05) is 29.3 Å². The maximum Gasteiger partial charge on any atom is 0.130 e. The summed E-state index contributed by atoms with van der Waals surface area (Å²) < 4.78 is 0. The van der Waals surface area contributed by atoms with E-state index in [9.17, 15) is 0 Å². The van der Waals surface area contributed by atoms with Crippen LogP contribution >= 0.6 is 23.2 Å². The highest BCUT2D eigenvalue weighted by molar-refractivity contribution is 6.35. The van der Waals surface area contributed by atoms with Crippen molar-refractivity contribution >= 4 is 29.0 Å². The van der Waals surface area contributed by atoms with Gasteiger partial charge < -0.3 is 5.32 Å². The van der Waals surface area contributed by atoms with Crippen molar-refractivity contribution in [3.05, 3.63) is 75.7 Å². The summed E-state index contributed by atoms with van der Waals surface area (Å²) in [7, 11) is 0. The van der Waals surface area contributed by atoms with Crippen LogP contribution in [0.2, 0.25) is 10.0 Å². The van der Waals surface area contributed by atoms with Crippen LogP contribution in [0, 0.1) is 6.92 Å². The smallest absolute Gasteiger partial charge is 0.130 e. The summed E-state index contributed by atoms with van der Waals surface area (Å²) in [6.45, 7) is 4.58. The van der Waals surface area contributed by atoms with Crippen LogP contribution in [-0.4, -0.2) is 28.1 Å². The summed E-state index contributed by atoms with van der Waals surface area (Å²) in [6, 6.07) is 14.2. The summed E-state index contributed by atoms with van der Waals surface area (Å²) in [6.07, 6.45) is 2.79. The van der Waals surface area contributed by atoms with Gasteiger partial charge in [0.05, 0.1) is 6.67 Å². The van der Waals surface area contributed by atoms with E-state index in [0.717, 1.165) is 48.9 Å². The lowest BCUT2D eigenvalue weighted by molar-refractivity contribution is 0.272. The van der Waals surface area contributed by atoms with E-state index in [1.54, 1.807) is 12.3 Å². The first-order chi connectivity index (χ1) is 13.1. The summed E-state index contributed by atoms with van der Waals surface area (Å²) in [4.78, 5) is 10.9. The molecule has 0 fully saturated rings. The van der Waals surface area contributed by atoms with Gasteiger partial charge in [0.2, 0.25) is 0 Å². The largest absolute Gasteiger partial charge is 0.357 e. The molecule has 2 heterocycles.